The number of para-hydroxylation sites is 1. The van der Waals surface area contributed by atoms with Crippen LogP contribution in [0.1, 0.15) is 36.7 Å². The van der Waals surface area contributed by atoms with E-state index in [-0.39, 0.29) is 24.5 Å². The smallest absolute Gasteiger partial charge is 0.338 e. The van der Waals surface area contributed by atoms with Crippen molar-refractivity contribution in [2.75, 3.05) is 13.7 Å². The van der Waals surface area contributed by atoms with Crippen LogP contribution in [-0.2, 0) is 25.6 Å². The highest BCUT2D eigenvalue weighted by Gasteiger charge is 2.31. The van der Waals surface area contributed by atoms with Gasteiger partial charge in [0, 0.05) is 29.7 Å². The second-order valence-electron chi connectivity index (χ2n) is 8.41. The Bertz CT molecular complexity index is 1390. The molecule has 186 valence electrons. The Hall–Kier alpha value is -3.85. The number of hydrogen-bond donors (Lipinski definition) is 0. The van der Waals surface area contributed by atoms with Gasteiger partial charge in [0.1, 0.15) is 6.54 Å². The van der Waals surface area contributed by atoms with Crippen molar-refractivity contribution in [2.45, 2.75) is 33.4 Å². The molecule has 9 heteroatoms. The fourth-order valence-electron chi connectivity index (χ4n) is 3.75. The van der Waals surface area contributed by atoms with Crippen molar-refractivity contribution in [3.63, 3.8) is 0 Å². The standard InChI is InChI=1S/C27H27N3O5S/c1-5-34-24(31)16-30-15-19(21-11-6-7-12-22(21)30)14-23-25(32)29(4)27(36-23)28-20-10-8-9-18(13-20)26(33)35-17(2)3/h6-15,17H,5,16H2,1-4H3/b23-14+,28-27?. The number of rotatable bonds is 7. The van der Waals surface area contributed by atoms with Crippen LogP contribution in [0.2, 0.25) is 0 Å². The zero-order chi connectivity index (χ0) is 25.8. The summed E-state index contributed by atoms with van der Waals surface area (Å²) >= 11 is 1.25. The largest absolute Gasteiger partial charge is 0.465 e. The van der Waals surface area contributed by atoms with Gasteiger partial charge >= 0.3 is 11.9 Å². The zero-order valence-corrected chi connectivity index (χ0v) is 21.4. The average molecular weight is 506 g/mol. The molecule has 0 saturated carbocycles. The first-order valence-corrected chi connectivity index (χ1v) is 12.4. The van der Waals surface area contributed by atoms with Gasteiger partial charge in [0.2, 0.25) is 0 Å². The highest BCUT2D eigenvalue weighted by Crippen LogP contribution is 2.35. The van der Waals surface area contributed by atoms with Crippen LogP contribution in [0, 0.1) is 0 Å². The Kier molecular flexibility index (Phi) is 7.59. The molecule has 0 aliphatic carbocycles. The number of hydrogen-bond acceptors (Lipinski definition) is 7. The maximum absolute atomic E-state index is 13.0. The van der Waals surface area contributed by atoms with Gasteiger partial charge in [-0.2, -0.15) is 0 Å². The Morgan fingerprint density at radius 1 is 1.14 bits per heavy atom. The molecule has 0 radical (unpaired) electrons. The number of thioether (sulfide) groups is 1. The first kappa shape index (κ1) is 25.2. The van der Waals surface area contributed by atoms with E-state index >= 15 is 0 Å². The summed E-state index contributed by atoms with van der Waals surface area (Å²) in [6.07, 6.45) is 3.44. The molecule has 0 unspecified atom stereocenters. The van der Waals surface area contributed by atoms with Crippen LogP contribution in [0.3, 0.4) is 0 Å². The lowest BCUT2D eigenvalue weighted by Gasteiger charge is -2.09. The minimum Gasteiger partial charge on any atom is -0.465 e. The van der Waals surface area contributed by atoms with Gasteiger partial charge in [-0.15, -0.1) is 0 Å². The molecular formula is C27H27N3O5S. The van der Waals surface area contributed by atoms with Crippen molar-refractivity contribution >= 4 is 57.4 Å². The van der Waals surface area contributed by atoms with Gasteiger partial charge in [-0.25, -0.2) is 9.79 Å². The summed E-state index contributed by atoms with van der Waals surface area (Å²) in [5.74, 6) is -0.927. The number of aliphatic imine (C=N–C) groups is 1. The first-order valence-electron chi connectivity index (χ1n) is 11.6. The van der Waals surface area contributed by atoms with Crippen LogP contribution in [0.5, 0.6) is 0 Å². The van der Waals surface area contributed by atoms with Crippen molar-refractivity contribution in [3.8, 4) is 0 Å². The van der Waals surface area contributed by atoms with Gasteiger partial charge < -0.3 is 14.0 Å². The normalized spacial score (nSPS) is 15.9. The van der Waals surface area contributed by atoms with E-state index in [1.54, 1.807) is 52.1 Å². The lowest BCUT2D eigenvalue weighted by atomic mass is 10.1. The van der Waals surface area contributed by atoms with Gasteiger partial charge in [0.25, 0.3) is 5.91 Å². The van der Waals surface area contributed by atoms with Crippen molar-refractivity contribution in [2.24, 2.45) is 4.99 Å². The molecule has 0 atom stereocenters. The maximum atomic E-state index is 13.0. The molecule has 4 rings (SSSR count). The van der Waals surface area contributed by atoms with Gasteiger partial charge in [-0.1, -0.05) is 24.3 Å². The third-order valence-electron chi connectivity index (χ3n) is 5.36. The average Bonchev–Trinajstić information content (AvgIpc) is 3.31. The topological polar surface area (TPSA) is 90.2 Å². The van der Waals surface area contributed by atoms with E-state index in [1.165, 1.54) is 16.7 Å². The molecule has 1 saturated heterocycles. The molecular weight excluding hydrogens is 478 g/mol. The fraction of sp³-hybridized carbons (Fsp3) is 0.259. The van der Waals surface area contributed by atoms with Crippen LogP contribution in [-0.4, -0.2) is 52.2 Å². The molecule has 0 N–H and O–H groups in total. The Labute approximate surface area is 213 Å². The van der Waals surface area contributed by atoms with E-state index < -0.39 is 5.97 Å². The summed E-state index contributed by atoms with van der Waals surface area (Å²) in [5, 5.41) is 1.42. The van der Waals surface area contributed by atoms with Crippen LogP contribution in [0.15, 0.2) is 64.6 Å². The number of likely N-dealkylation sites (N-methyl/N-ethyl adjacent to an activating group) is 1. The van der Waals surface area contributed by atoms with E-state index in [9.17, 15) is 14.4 Å². The van der Waals surface area contributed by atoms with Crippen molar-refractivity contribution in [1.29, 1.82) is 0 Å². The second kappa shape index (κ2) is 10.8. The van der Waals surface area contributed by atoms with E-state index in [0.717, 1.165) is 16.5 Å². The van der Waals surface area contributed by atoms with Crippen LogP contribution < -0.4 is 0 Å². The number of benzene rings is 2. The molecule has 1 aromatic heterocycles. The number of fused-ring (bicyclic) bond motifs is 1. The minimum atomic E-state index is -0.421. The summed E-state index contributed by atoms with van der Waals surface area (Å²) in [7, 11) is 1.66. The van der Waals surface area contributed by atoms with Crippen molar-refractivity contribution in [3.05, 3.63) is 70.8 Å². The third-order valence-corrected chi connectivity index (χ3v) is 6.42. The van der Waals surface area contributed by atoms with Gasteiger partial charge in [0.05, 0.1) is 28.9 Å². The highest BCUT2D eigenvalue weighted by molar-refractivity contribution is 8.18. The first-order chi connectivity index (χ1) is 17.3. The number of carbonyl (C=O) groups excluding carboxylic acids is 3. The fourth-order valence-corrected chi connectivity index (χ4v) is 4.73. The summed E-state index contributed by atoms with van der Waals surface area (Å²) in [4.78, 5) is 43.9. The number of nitrogens with zero attached hydrogens (tertiary/aromatic N) is 3. The maximum Gasteiger partial charge on any atom is 0.338 e. The summed E-state index contributed by atoms with van der Waals surface area (Å²) in [6, 6.07) is 14.5. The van der Waals surface area contributed by atoms with E-state index in [2.05, 4.69) is 4.99 Å². The number of carbonyl (C=O) groups is 3. The van der Waals surface area contributed by atoms with E-state index in [4.69, 9.17) is 9.47 Å². The second-order valence-corrected chi connectivity index (χ2v) is 9.42. The molecule has 1 fully saturated rings. The molecule has 0 bridgehead atoms. The number of esters is 2. The Balaban J connectivity index is 1.63. The summed E-state index contributed by atoms with van der Waals surface area (Å²) < 4.78 is 12.2. The molecule has 1 amide bonds. The molecule has 3 aromatic rings. The minimum absolute atomic E-state index is 0.0841. The highest BCUT2D eigenvalue weighted by atomic mass is 32.2. The third kappa shape index (κ3) is 5.52. The monoisotopic (exact) mass is 505 g/mol. The zero-order valence-electron chi connectivity index (χ0n) is 20.6. The predicted octanol–water partition coefficient (Wildman–Crippen LogP) is 5.00. The van der Waals surface area contributed by atoms with Crippen molar-refractivity contribution in [1.82, 2.24) is 9.47 Å². The van der Waals surface area contributed by atoms with E-state index in [1.807, 2.05) is 41.1 Å². The van der Waals surface area contributed by atoms with Crippen LogP contribution in [0.4, 0.5) is 5.69 Å². The van der Waals surface area contributed by atoms with Gasteiger partial charge in [0.15, 0.2) is 5.17 Å². The molecule has 1 aliphatic heterocycles. The predicted molar refractivity (Wildman–Crippen MR) is 141 cm³/mol. The van der Waals surface area contributed by atoms with Crippen molar-refractivity contribution < 1.29 is 23.9 Å². The molecule has 0 spiro atoms. The summed E-state index contributed by atoms with van der Waals surface area (Å²) in [6.45, 7) is 5.75. The lowest BCUT2D eigenvalue weighted by molar-refractivity contribution is -0.143. The summed E-state index contributed by atoms with van der Waals surface area (Å²) in [5.41, 5.74) is 2.63. The molecule has 36 heavy (non-hydrogen) atoms. The number of amides is 1. The molecule has 1 aliphatic rings. The Morgan fingerprint density at radius 2 is 1.92 bits per heavy atom. The quantitative estimate of drug-likeness (QED) is 0.331. The van der Waals surface area contributed by atoms with E-state index in [0.29, 0.717) is 27.9 Å². The molecule has 2 heterocycles. The number of ether oxygens (including phenoxy) is 2. The lowest BCUT2D eigenvalue weighted by Crippen LogP contribution is -2.23. The van der Waals surface area contributed by atoms with Crippen LogP contribution in [0.25, 0.3) is 17.0 Å². The number of amidine groups is 1. The SMILES string of the molecule is CCOC(=O)Cn1cc(/C=C2/SC(=Nc3cccc(C(=O)OC(C)C)c3)N(C)C2=O)c2ccccc21. The van der Waals surface area contributed by atoms with Crippen LogP contribution >= 0.6 is 11.8 Å². The van der Waals surface area contributed by atoms with Gasteiger partial charge in [-0.05, 0) is 62.9 Å². The van der Waals surface area contributed by atoms with Gasteiger partial charge in [-0.3, -0.25) is 14.5 Å². The number of aromatic nitrogens is 1. The molecule has 2 aromatic carbocycles. The Morgan fingerprint density at radius 3 is 2.67 bits per heavy atom. The molecule has 8 nitrogen and oxygen atoms in total.